The molecule has 0 aliphatic rings. The molecule has 0 aromatic carbocycles. The Balaban J connectivity index is 3.34. The van der Waals surface area contributed by atoms with Crippen molar-refractivity contribution in [2.75, 3.05) is 0 Å². The summed E-state index contributed by atoms with van der Waals surface area (Å²) >= 11 is -1.74. The van der Waals surface area contributed by atoms with E-state index < -0.39 is 18.4 Å². The van der Waals surface area contributed by atoms with E-state index in [-0.39, 0.29) is 0 Å². The van der Waals surface area contributed by atoms with Gasteiger partial charge in [0.15, 0.2) is 0 Å². The zero-order chi connectivity index (χ0) is 9.45. The van der Waals surface area contributed by atoms with Crippen LogP contribution in [0.2, 0.25) is 14.8 Å². The van der Waals surface area contributed by atoms with Crippen LogP contribution in [0.5, 0.6) is 0 Å². The van der Waals surface area contributed by atoms with Gasteiger partial charge >= 0.3 is 82.1 Å². The van der Waals surface area contributed by atoms with Crippen molar-refractivity contribution in [3.63, 3.8) is 0 Å². The zero-order valence-corrected chi connectivity index (χ0v) is 11.9. The van der Waals surface area contributed by atoms with E-state index in [9.17, 15) is 0 Å². The van der Waals surface area contributed by atoms with Gasteiger partial charge < -0.3 is 0 Å². The summed E-state index contributed by atoms with van der Waals surface area (Å²) in [4.78, 5) is 7.11. The molecule has 0 aromatic rings. The molecule has 0 aliphatic carbocycles. The summed E-state index contributed by atoms with van der Waals surface area (Å²) < 4.78 is 3.46. The number of hydrogen-bond acceptors (Lipinski definition) is 0. The minimum absolute atomic E-state index is 1.13. The van der Waals surface area contributed by atoms with Gasteiger partial charge in [0, 0.05) is 0 Å². The van der Waals surface area contributed by atoms with Gasteiger partial charge in [0.05, 0.1) is 0 Å². The standard InChI is InChI=1S/C8H13.3CH3.Sn/c1-3-5-7-8-6-4-2;;;;/h3,5-8H2,1H3;3*1H3;. The second-order valence-electron chi connectivity index (χ2n) is 4.36. The second kappa shape index (κ2) is 6.83. The average molecular weight is 273 g/mol. The van der Waals surface area contributed by atoms with Gasteiger partial charge in [0.2, 0.25) is 0 Å². The van der Waals surface area contributed by atoms with Gasteiger partial charge in [-0.15, -0.1) is 0 Å². The van der Waals surface area contributed by atoms with E-state index >= 15 is 0 Å². The first-order valence-electron chi connectivity index (χ1n) is 5.06. The molecule has 0 spiro atoms. The predicted molar refractivity (Wildman–Crippen MR) is 59.9 cm³/mol. The maximum atomic E-state index is 3.46. The Hall–Kier alpha value is 0.359. The van der Waals surface area contributed by atoms with Crippen molar-refractivity contribution in [1.29, 1.82) is 0 Å². The van der Waals surface area contributed by atoms with Crippen LogP contribution in [0.3, 0.4) is 0 Å². The first-order valence-corrected chi connectivity index (χ1v) is 15.1. The monoisotopic (exact) mass is 274 g/mol. The van der Waals surface area contributed by atoms with E-state index in [1.165, 1.54) is 25.7 Å². The fourth-order valence-electron chi connectivity index (χ4n) is 0.968. The Kier molecular flexibility index (Phi) is 7.03. The van der Waals surface area contributed by atoms with Gasteiger partial charge in [0.1, 0.15) is 0 Å². The molecule has 0 unspecified atom stereocenters. The SMILES string of the molecule is CCCCCCC#[C][Sn]([CH3])([CH3])[CH3]. The fourth-order valence-corrected chi connectivity index (χ4v) is 2.84. The summed E-state index contributed by atoms with van der Waals surface area (Å²) in [7, 11) is 0. The van der Waals surface area contributed by atoms with Crippen LogP contribution in [0.15, 0.2) is 0 Å². The van der Waals surface area contributed by atoms with E-state index in [1.807, 2.05) is 0 Å². The van der Waals surface area contributed by atoms with Crippen LogP contribution in [-0.2, 0) is 0 Å². The molecule has 0 aromatic heterocycles. The third-order valence-corrected chi connectivity index (χ3v) is 4.26. The van der Waals surface area contributed by atoms with Crippen LogP contribution in [0.1, 0.15) is 39.0 Å². The van der Waals surface area contributed by atoms with Gasteiger partial charge in [-0.1, -0.05) is 0 Å². The molecule has 0 radical (unpaired) electrons. The minimum atomic E-state index is -1.74. The molecule has 0 fully saturated rings. The molecule has 0 amide bonds. The van der Waals surface area contributed by atoms with Gasteiger partial charge in [-0.05, 0) is 0 Å². The summed E-state index contributed by atoms with van der Waals surface area (Å²) in [6, 6.07) is 0. The quantitative estimate of drug-likeness (QED) is 0.414. The number of unbranched alkanes of at least 4 members (excludes halogenated alkanes) is 4. The zero-order valence-electron chi connectivity index (χ0n) is 9.04. The molecular formula is C11H22Sn. The first kappa shape index (κ1) is 12.4. The fraction of sp³-hybridized carbons (Fsp3) is 0.818. The van der Waals surface area contributed by atoms with E-state index in [4.69, 9.17) is 0 Å². The van der Waals surface area contributed by atoms with Crippen molar-refractivity contribution in [2.24, 2.45) is 0 Å². The van der Waals surface area contributed by atoms with Crippen LogP contribution in [-0.4, -0.2) is 18.4 Å². The first-order chi connectivity index (χ1) is 5.56. The van der Waals surface area contributed by atoms with Crippen molar-refractivity contribution in [3.8, 4) is 9.86 Å². The van der Waals surface area contributed by atoms with Gasteiger partial charge in [-0.3, -0.25) is 0 Å². The van der Waals surface area contributed by atoms with Crippen molar-refractivity contribution in [2.45, 2.75) is 53.8 Å². The van der Waals surface area contributed by atoms with E-state index in [0.29, 0.717) is 0 Å². The van der Waals surface area contributed by atoms with Crippen LogP contribution >= 0.6 is 0 Å². The third-order valence-electron chi connectivity index (χ3n) is 1.62. The van der Waals surface area contributed by atoms with Crippen LogP contribution in [0, 0.1) is 9.86 Å². The summed E-state index contributed by atoms with van der Waals surface area (Å²) in [6.07, 6.45) is 6.51. The van der Waals surface area contributed by atoms with E-state index in [1.54, 1.807) is 0 Å². The normalized spacial score (nSPS) is 10.7. The van der Waals surface area contributed by atoms with Crippen molar-refractivity contribution >= 4 is 18.4 Å². The topological polar surface area (TPSA) is 0 Å². The Morgan fingerprint density at radius 1 is 1.00 bits per heavy atom. The summed E-state index contributed by atoms with van der Waals surface area (Å²) in [5.74, 6) is 3.33. The second-order valence-corrected chi connectivity index (χ2v) is 17.9. The predicted octanol–water partition coefficient (Wildman–Crippen LogP) is 3.84. The number of rotatable bonds is 4. The summed E-state index contributed by atoms with van der Waals surface area (Å²) in [5, 5.41) is 0. The Morgan fingerprint density at radius 2 is 1.67 bits per heavy atom. The van der Waals surface area contributed by atoms with E-state index in [2.05, 4.69) is 31.6 Å². The van der Waals surface area contributed by atoms with Crippen LogP contribution in [0.4, 0.5) is 0 Å². The summed E-state index contributed by atoms with van der Waals surface area (Å²) in [6.45, 7) is 2.25. The molecule has 1 heteroatoms. The van der Waals surface area contributed by atoms with Crippen molar-refractivity contribution in [1.82, 2.24) is 0 Å². The molecule has 0 N–H and O–H groups in total. The third kappa shape index (κ3) is 10.4. The molecule has 0 heterocycles. The van der Waals surface area contributed by atoms with Crippen LogP contribution in [0.25, 0.3) is 0 Å². The molecule has 12 heavy (non-hydrogen) atoms. The van der Waals surface area contributed by atoms with Gasteiger partial charge in [-0.2, -0.15) is 0 Å². The van der Waals surface area contributed by atoms with Gasteiger partial charge in [-0.25, -0.2) is 0 Å². The molecule has 0 saturated heterocycles. The summed E-state index contributed by atoms with van der Waals surface area (Å²) in [5.41, 5.74) is 0. The number of hydrogen-bond donors (Lipinski definition) is 0. The molecule has 0 atom stereocenters. The maximum absolute atomic E-state index is 3.46. The van der Waals surface area contributed by atoms with Crippen LogP contribution < -0.4 is 0 Å². The Bertz CT molecular complexity index is 154. The molecule has 70 valence electrons. The van der Waals surface area contributed by atoms with Crippen molar-refractivity contribution < 1.29 is 0 Å². The molecule has 0 aliphatic heterocycles. The van der Waals surface area contributed by atoms with Gasteiger partial charge in [0.25, 0.3) is 0 Å². The molecule has 0 nitrogen and oxygen atoms in total. The molecule has 0 bridgehead atoms. The Labute approximate surface area is 82.0 Å². The molecule has 0 rings (SSSR count). The average Bonchev–Trinajstić information content (AvgIpc) is 1.94. The Morgan fingerprint density at radius 3 is 2.17 bits per heavy atom. The molecule has 0 saturated carbocycles. The van der Waals surface area contributed by atoms with Crippen molar-refractivity contribution in [3.05, 3.63) is 0 Å². The van der Waals surface area contributed by atoms with E-state index in [0.717, 1.165) is 6.42 Å². The molecular weight excluding hydrogens is 251 g/mol.